The number of aromatic nitrogens is 2. The molecule has 0 atom stereocenters. The molecule has 1 heterocycles. The number of nitrogens with zero attached hydrogens (tertiary/aromatic N) is 2. The van der Waals surface area contributed by atoms with Crippen LogP contribution in [0.25, 0.3) is 0 Å². The fraction of sp³-hybridized carbons (Fsp3) is 0.529. The van der Waals surface area contributed by atoms with Crippen LogP contribution in [0.5, 0.6) is 5.75 Å². The molecular formula is C17H22N2O3. The fourth-order valence-electron chi connectivity index (χ4n) is 3.16. The Morgan fingerprint density at radius 2 is 1.95 bits per heavy atom. The molecule has 0 radical (unpaired) electrons. The zero-order valence-corrected chi connectivity index (χ0v) is 13.0. The second-order valence-corrected chi connectivity index (χ2v) is 6.00. The van der Waals surface area contributed by atoms with E-state index >= 15 is 0 Å². The van der Waals surface area contributed by atoms with Crippen molar-refractivity contribution in [1.82, 2.24) is 9.72 Å². The SMILES string of the molecule is COc1ccc(Cc2noc(=O)n2CC2CCCCC2)cc1. The lowest BCUT2D eigenvalue weighted by molar-refractivity contribution is 0.303. The van der Waals surface area contributed by atoms with E-state index in [0.717, 1.165) is 17.9 Å². The van der Waals surface area contributed by atoms with E-state index in [4.69, 9.17) is 9.26 Å². The fourth-order valence-corrected chi connectivity index (χ4v) is 3.16. The summed E-state index contributed by atoms with van der Waals surface area (Å²) in [7, 11) is 1.65. The van der Waals surface area contributed by atoms with Gasteiger partial charge in [0, 0.05) is 13.0 Å². The molecule has 22 heavy (non-hydrogen) atoms. The first-order valence-electron chi connectivity index (χ1n) is 7.94. The second kappa shape index (κ2) is 6.81. The molecule has 3 rings (SSSR count). The summed E-state index contributed by atoms with van der Waals surface area (Å²) in [5.74, 6) is 1.76. The van der Waals surface area contributed by atoms with E-state index in [1.165, 1.54) is 32.1 Å². The van der Waals surface area contributed by atoms with Gasteiger partial charge in [0.2, 0.25) is 0 Å². The Morgan fingerprint density at radius 1 is 1.23 bits per heavy atom. The zero-order chi connectivity index (χ0) is 15.4. The molecule has 1 aromatic heterocycles. The highest BCUT2D eigenvalue weighted by Crippen LogP contribution is 2.25. The van der Waals surface area contributed by atoms with Gasteiger partial charge in [-0.05, 0) is 36.5 Å². The summed E-state index contributed by atoms with van der Waals surface area (Å²) in [6, 6.07) is 7.81. The third-order valence-electron chi connectivity index (χ3n) is 4.45. The third kappa shape index (κ3) is 3.40. The molecular weight excluding hydrogens is 280 g/mol. The molecule has 1 saturated carbocycles. The van der Waals surface area contributed by atoms with Gasteiger partial charge in [-0.25, -0.2) is 4.79 Å². The first-order valence-corrected chi connectivity index (χ1v) is 7.94. The Morgan fingerprint density at radius 3 is 2.64 bits per heavy atom. The van der Waals surface area contributed by atoms with Crippen LogP contribution in [0.1, 0.15) is 43.5 Å². The molecule has 5 nitrogen and oxygen atoms in total. The average molecular weight is 302 g/mol. The van der Waals surface area contributed by atoms with Crippen molar-refractivity contribution in [2.75, 3.05) is 7.11 Å². The average Bonchev–Trinajstić information content (AvgIpc) is 2.90. The number of rotatable bonds is 5. The van der Waals surface area contributed by atoms with Gasteiger partial charge in [-0.3, -0.25) is 9.09 Å². The van der Waals surface area contributed by atoms with Crippen molar-refractivity contribution in [2.45, 2.75) is 45.1 Å². The molecule has 1 aromatic carbocycles. The predicted molar refractivity (Wildman–Crippen MR) is 83.1 cm³/mol. The minimum absolute atomic E-state index is 0.339. The highest BCUT2D eigenvalue weighted by Gasteiger charge is 2.18. The van der Waals surface area contributed by atoms with E-state index in [9.17, 15) is 4.79 Å². The smallest absolute Gasteiger partial charge is 0.441 e. The molecule has 1 aliphatic carbocycles. The number of hydrogen-bond donors (Lipinski definition) is 0. The molecule has 2 aromatic rings. The topological polar surface area (TPSA) is 57.3 Å². The van der Waals surface area contributed by atoms with Crippen LogP contribution in [-0.2, 0) is 13.0 Å². The van der Waals surface area contributed by atoms with Crippen LogP contribution < -0.4 is 10.5 Å². The molecule has 0 bridgehead atoms. The minimum atomic E-state index is -0.339. The van der Waals surface area contributed by atoms with Gasteiger partial charge < -0.3 is 4.74 Å². The molecule has 0 aliphatic heterocycles. The van der Waals surface area contributed by atoms with Crippen molar-refractivity contribution >= 4 is 0 Å². The summed E-state index contributed by atoms with van der Waals surface area (Å²) >= 11 is 0. The summed E-state index contributed by atoms with van der Waals surface area (Å²) in [5.41, 5.74) is 1.09. The molecule has 5 heteroatoms. The third-order valence-corrected chi connectivity index (χ3v) is 4.45. The van der Waals surface area contributed by atoms with E-state index in [0.29, 0.717) is 18.2 Å². The summed E-state index contributed by atoms with van der Waals surface area (Å²) in [4.78, 5) is 11.9. The zero-order valence-electron chi connectivity index (χ0n) is 13.0. The highest BCUT2D eigenvalue weighted by molar-refractivity contribution is 5.28. The number of ether oxygens (including phenoxy) is 1. The molecule has 1 aliphatic rings. The highest BCUT2D eigenvalue weighted by atomic mass is 16.5. The molecule has 1 fully saturated rings. The summed E-state index contributed by atoms with van der Waals surface area (Å²) in [5, 5.41) is 3.96. The Balaban J connectivity index is 1.74. The van der Waals surface area contributed by atoms with Crippen LogP contribution in [0.4, 0.5) is 0 Å². The van der Waals surface area contributed by atoms with Crippen molar-refractivity contribution in [3.8, 4) is 5.75 Å². The van der Waals surface area contributed by atoms with E-state index in [1.807, 2.05) is 24.3 Å². The lowest BCUT2D eigenvalue weighted by Gasteiger charge is -2.21. The molecule has 0 N–H and O–H groups in total. The largest absolute Gasteiger partial charge is 0.497 e. The van der Waals surface area contributed by atoms with Crippen molar-refractivity contribution in [3.05, 3.63) is 46.2 Å². The first-order chi connectivity index (χ1) is 10.8. The van der Waals surface area contributed by atoms with Crippen LogP contribution in [0.3, 0.4) is 0 Å². The number of benzene rings is 1. The number of methoxy groups -OCH3 is 1. The van der Waals surface area contributed by atoms with Crippen LogP contribution >= 0.6 is 0 Å². The van der Waals surface area contributed by atoms with Crippen molar-refractivity contribution in [3.63, 3.8) is 0 Å². The van der Waals surface area contributed by atoms with E-state index in [-0.39, 0.29) is 5.76 Å². The minimum Gasteiger partial charge on any atom is -0.497 e. The first kappa shape index (κ1) is 14.9. The lowest BCUT2D eigenvalue weighted by Crippen LogP contribution is -2.23. The van der Waals surface area contributed by atoms with Crippen molar-refractivity contribution < 1.29 is 9.26 Å². The Hall–Kier alpha value is -2.04. The van der Waals surface area contributed by atoms with Crippen LogP contribution in [0.2, 0.25) is 0 Å². The van der Waals surface area contributed by atoms with Gasteiger partial charge in [-0.15, -0.1) is 0 Å². The standard InChI is InChI=1S/C17H22N2O3/c1-21-15-9-7-13(8-10-15)11-16-18-22-17(20)19(16)12-14-5-3-2-4-6-14/h7-10,14H,2-6,11-12H2,1H3. The molecule has 0 saturated heterocycles. The van der Waals surface area contributed by atoms with Gasteiger partial charge in [0.15, 0.2) is 5.82 Å². The Bertz CT molecular complexity index is 651. The van der Waals surface area contributed by atoms with Gasteiger partial charge in [-0.1, -0.05) is 36.6 Å². The number of hydrogen-bond acceptors (Lipinski definition) is 4. The quantitative estimate of drug-likeness (QED) is 0.852. The van der Waals surface area contributed by atoms with Gasteiger partial charge >= 0.3 is 5.76 Å². The molecule has 0 spiro atoms. The van der Waals surface area contributed by atoms with Crippen LogP contribution in [0.15, 0.2) is 33.6 Å². The summed E-state index contributed by atoms with van der Waals surface area (Å²) in [6.45, 7) is 0.730. The van der Waals surface area contributed by atoms with Crippen LogP contribution in [0, 0.1) is 5.92 Å². The summed E-state index contributed by atoms with van der Waals surface area (Å²) in [6.07, 6.45) is 6.83. The van der Waals surface area contributed by atoms with Gasteiger partial charge in [0.25, 0.3) is 0 Å². The predicted octanol–water partition coefficient (Wildman–Crippen LogP) is 3.02. The van der Waals surface area contributed by atoms with Crippen molar-refractivity contribution in [1.29, 1.82) is 0 Å². The van der Waals surface area contributed by atoms with Crippen molar-refractivity contribution in [2.24, 2.45) is 5.92 Å². The maximum atomic E-state index is 11.9. The van der Waals surface area contributed by atoms with Gasteiger partial charge in [-0.2, -0.15) is 0 Å². The van der Waals surface area contributed by atoms with E-state index in [2.05, 4.69) is 5.16 Å². The van der Waals surface area contributed by atoms with E-state index < -0.39 is 0 Å². The van der Waals surface area contributed by atoms with E-state index in [1.54, 1.807) is 11.7 Å². The monoisotopic (exact) mass is 302 g/mol. The molecule has 0 amide bonds. The maximum Gasteiger partial charge on any atom is 0.441 e. The summed E-state index contributed by atoms with van der Waals surface area (Å²) < 4.78 is 11.8. The Kier molecular flexibility index (Phi) is 4.61. The molecule has 118 valence electrons. The van der Waals surface area contributed by atoms with Gasteiger partial charge in [0.05, 0.1) is 7.11 Å². The maximum absolute atomic E-state index is 11.9. The Labute approximate surface area is 129 Å². The normalized spacial score (nSPS) is 15.9. The lowest BCUT2D eigenvalue weighted by atomic mass is 9.89. The van der Waals surface area contributed by atoms with Gasteiger partial charge in [0.1, 0.15) is 5.75 Å². The van der Waals surface area contributed by atoms with Crippen LogP contribution in [-0.4, -0.2) is 16.8 Å². The second-order valence-electron chi connectivity index (χ2n) is 6.00. The molecule has 0 unspecified atom stereocenters.